The average Bonchev–Trinajstić information content (AvgIpc) is 3.02. The minimum atomic E-state index is -1.05. The van der Waals surface area contributed by atoms with Crippen molar-refractivity contribution in [2.45, 2.75) is 20.4 Å². The maximum absolute atomic E-state index is 12.6. The van der Waals surface area contributed by atoms with E-state index in [-0.39, 0.29) is 12.5 Å². The Morgan fingerprint density at radius 2 is 2.04 bits per heavy atom. The van der Waals surface area contributed by atoms with E-state index < -0.39 is 11.9 Å². The van der Waals surface area contributed by atoms with Crippen molar-refractivity contribution in [2.24, 2.45) is 7.05 Å². The number of carboxylic acids is 1. The van der Waals surface area contributed by atoms with Gasteiger partial charge in [0.25, 0.3) is 5.91 Å². The van der Waals surface area contributed by atoms with Gasteiger partial charge in [0, 0.05) is 12.7 Å². The summed E-state index contributed by atoms with van der Waals surface area (Å²) in [5.74, 6) is -1.42. The summed E-state index contributed by atoms with van der Waals surface area (Å²) in [7, 11) is 1.76. The normalized spacial score (nSPS) is 11.0. The molecule has 2 N–H and O–H groups in total. The van der Waals surface area contributed by atoms with E-state index in [0.29, 0.717) is 28.0 Å². The smallest absolute Gasteiger partial charge is 0.325 e. The van der Waals surface area contributed by atoms with E-state index in [0.717, 1.165) is 4.68 Å². The molecular formula is C14H15N7O3. The van der Waals surface area contributed by atoms with Gasteiger partial charge in [0.05, 0.1) is 16.6 Å². The number of aryl methyl sites for hydroxylation is 3. The summed E-state index contributed by atoms with van der Waals surface area (Å²) >= 11 is 0. The van der Waals surface area contributed by atoms with E-state index in [1.165, 1.54) is 6.33 Å². The van der Waals surface area contributed by atoms with Crippen LogP contribution >= 0.6 is 0 Å². The second-order valence-corrected chi connectivity index (χ2v) is 5.33. The summed E-state index contributed by atoms with van der Waals surface area (Å²) in [6.07, 6.45) is 1.24. The molecule has 0 aromatic carbocycles. The van der Waals surface area contributed by atoms with Crippen molar-refractivity contribution >= 4 is 28.9 Å². The molecule has 0 radical (unpaired) electrons. The fourth-order valence-corrected chi connectivity index (χ4v) is 2.48. The number of aromatic nitrogens is 6. The number of hydrogen-bond acceptors (Lipinski definition) is 6. The maximum Gasteiger partial charge on any atom is 0.325 e. The Kier molecular flexibility index (Phi) is 3.72. The third-order valence-corrected chi connectivity index (χ3v) is 3.40. The van der Waals surface area contributed by atoms with E-state index in [4.69, 9.17) is 5.11 Å². The van der Waals surface area contributed by atoms with Gasteiger partial charge in [0.15, 0.2) is 5.65 Å². The van der Waals surface area contributed by atoms with Crippen LogP contribution in [0.1, 0.15) is 21.7 Å². The van der Waals surface area contributed by atoms with E-state index in [9.17, 15) is 9.59 Å². The summed E-state index contributed by atoms with van der Waals surface area (Å²) in [6, 6.07) is 1.67. The molecule has 0 aliphatic heterocycles. The summed E-state index contributed by atoms with van der Waals surface area (Å²) in [5.41, 5.74) is 2.40. The Balaban J connectivity index is 1.94. The van der Waals surface area contributed by atoms with E-state index in [1.54, 1.807) is 31.6 Å². The lowest BCUT2D eigenvalue weighted by molar-refractivity contribution is -0.137. The zero-order valence-electron chi connectivity index (χ0n) is 13.3. The first-order valence-corrected chi connectivity index (χ1v) is 7.08. The Morgan fingerprint density at radius 3 is 2.75 bits per heavy atom. The largest absolute Gasteiger partial charge is 0.480 e. The Labute approximate surface area is 136 Å². The van der Waals surface area contributed by atoms with Gasteiger partial charge in [-0.05, 0) is 19.9 Å². The molecule has 24 heavy (non-hydrogen) atoms. The minimum Gasteiger partial charge on any atom is -0.480 e. The molecule has 0 aliphatic rings. The van der Waals surface area contributed by atoms with Crippen LogP contribution in [-0.2, 0) is 18.4 Å². The molecule has 10 heteroatoms. The standard InChI is InChI=1S/C14H15N7O3/c1-7-4-9(11-8(2)18-20(3)12(11)16-7)13(24)17-14-15-6-21(19-14)5-10(22)23/h4,6H,5H2,1-3H3,(H,22,23)(H,17,19,24). The highest BCUT2D eigenvalue weighted by Gasteiger charge is 2.19. The number of carbonyl (C=O) groups excluding carboxylic acids is 1. The van der Waals surface area contributed by atoms with Crippen molar-refractivity contribution in [3.05, 3.63) is 29.3 Å². The number of carbonyl (C=O) groups is 2. The number of pyridine rings is 1. The fourth-order valence-electron chi connectivity index (χ4n) is 2.48. The highest BCUT2D eigenvalue weighted by Crippen LogP contribution is 2.22. The van der Waals surface area contributed by atoms with Crippen LogP contribution in [0.3, 0.4) is 0 Å². The monoisotopic (exact) mass is 329 g/mol. The molecule has 10 nitrogen and oxygen atoms in total. The second-order valence-electron chi connectivity index (χ2n) is 5.33. The molecular weight excluding hydrogens is 314 g/mol. The zero-order valence-corrected chi connectivity index (χ0v) is 13.3. The Morgan fingerprint density at radius 1 is 1.29 bits per heavy atom. The van der Waals surface area contributed by atoms with Gasteiger partial charge in [0.2, 0.25) is 5.95 Å². The predicted molar refractivity (Wildman–Crippen MR) is 83.6 cm³/mol. The molecule has 3 heterocycles. The topological polar surface area (TPSA) is 128 Å². The SMILES string of the molecule is Cc1cc(C(=O)Nc2ncn(CC(=O)O)n2)c2c(C)nn(C)c2n1. The van der Waals surface area contributed by atoms with Crippen LogP contribution in [0.2, 0.25) is 0 Å². The van der Waals surface area contributed by atoms with Crippen LogP contribution in [-0.4, -0.2) is 46.5 Å². The third-order valence-electron chi connectivity index (χ3n) is 3.40. The van der Waals surface area contributed by atoms with Gasteiger partial charge >= 0.3 is 5.97 Å². The van der Waals surface area contributed by atoms with Crippen LogP contribution in [0.15, 0.2) is 12.4 Å². The fraction of sp³-hybridized carbons (Fsp3) is 0.286. The van der Waals surface area contributed by atoms with Gasteiger partial charge in [0.1, 0.15) is 12.9 Å². The van der Waals surface area contributed by atoms with Crippen molar-refractivity contribution in [3.63, 3.8) is 0 Å². The van der Waals surface area contributed by atoms with Gasteiger partial charge in [-0.3, -0.25) is 19.6 Å². The van der Waals surface area contributed by atoms with Gasteiger partial charge in [-0.25, -0.2) is 14.6 Å². The number of anilines is 1. The molecule has 0 bridgehead atoms. The maximum atomic E-state index is 12.6. The number of fused-ring (bicyclic) bond motifs is 1. The van der Waals surface area contributed by atoms with Gasteiger partial charge in [-0.15, -0.1) is 5.10 Å². The lowest BCUT2D eigenvalue weighted by atomic mass is 10.1. The predicted octanol–water partition coefficient (Wildman–Crippen LogP) is 0.514. The molecule has 0 aliphatic carbocycles. The number of nitrogens with zero attached hydrogens (tertiary/aromatic N) is 6. The molecule has 124 valence electrons. The molecule has 0 fully saturated rings. The van der Waals surface area contributed by atoms with Crippen molar-refractivity contribution in [3.8, 4) is 0 Å². The highest BCUT2D eigenvalue weighted by molar-refractivity contribution is 6.12. The molecule has 0 saturated heterocycles. The zero-order chi connectivity index (χ0) is 17.4. The summed E-state index contributed by atoms with van der Waals surface area (Å²) in [5, 5.41) is 20.1. The molecule has 3 aromatic rings. The molecule has 3 rings (SSSR count). The Hall–Kier alpha value is -3.30. The third kappa shape index (κ3) is 2.81. The molecule has 0 atom stereocenters. The number of rotatable bonds is 4. The van der Waals surface area contributed by atoms with Crippen LogP contribution in [0.5, 0.6) is 0 Å². The number of nitrogens with one attached hydrogen (secondary N) is 1. The van der Waals surface area contributed by atoms with Crippen LogP contribution in [0.25, 0.3) is 11.0 Å². The first kappa shape index (κ1) is 15.6. The molecule has 0 saturated carbocycles. The van der Waals surface area contributed by atoms with E-state index in [1.807, 2.05) is 0 Å². The highest BCUT2D eigenvalue weighted by atomic mass is 16.4. The first-order valence-electron chi connectivity index (χ1n) is 7.08. The van der Waals surface area contributed by atoms with Gasteiger partial charge < -0.3 is 5.11 Å². The molecule has 0 spiro atoms. The van der Waals surface area contributed by atoms with Crippen LogP contribution in [0, 0.1) is 13.8 Å². The quantitative estimate of drug-likeness (QED) is 0.714. The minimum absolute atomic E-state index is 0.0328. The Bertz CT molecular complexity index is 957. The second kappa shape index (κ2) is 5.72. The van der Waals surface area contributed by atoms with Gasteiger partial charge in [-0.2, -0.15) is 5.10 Å². The van der Waals surface area contributed by atoms with E-state index in [2.05, 4.69) is 25.5 Å². The molecule has 0 unspecified atom stereocenters. The summed E-state index contributed by atoms with van der Waals surface area (Å²) < 4.78 is 2.74. The average molecular weight is 329 g/mol. The van der Waals surface area contributed by atoms with Crippen LogP contribution in [0.4, 0.5) is 5.95 Å². The number of carboxylic acid groups (broad SMARTS) is 1. The van der Waals surface area contributed by atoms with Crippen molar-refractivity contribution in [1.82, 2.24) is 29.5 Å². The number of amides is 1. The van der Waals surface area contributed by atoms with Gasteiger partial charge in [-0.1, -0.05) is 0 Å². The van der Waals surface area contributed by atoms with Crippen molar-refractivity contribution < 1.29 is 14.7 Å². The molecule has 1 amide bonds. The summed E-state index contributed by atoms with van der Waals surface area (Å²) in [6.45, 7) is 3.26. The number of aliphatic carboxylic acids is 1. The number of hydrogen-bond donors (Lipinski definition) is 2. The van der Waals surface area contributed by atoms with Crippen LogP contribution < -0.4 is 5.32 Å². The van der Waals surface area contributed by atoms with Crippen molar-refractivity contribution in [1.29, 1.82) is 0 Å². The van der Waals surface area contributed by atoms with E-state index >= 15 is 0 Å². The lowest BCUT2D eigenvalue weighted by Gasteiger charge is -2.05. The lowest BCUT2D eigenvalue weighted by Crippen LogP contribution is -2.15. The first-order chi connectivity index (χ1) is 11.3. The van der Waals surface area contributed by atoms with Crippen molar-refractivity contribution in [2.75, 3.05) is 5.32 Å². The summed E-state index contributed by atoms with van der Waals surface area (Å²) in [4.78, 5) is 31.5. The molecule has 3 aromatic heterocycles.